The zero-order valence-corrected chi connectivity index (χ0v) is 23.9. The maximum atomic E-state index is 13.7. The molecule has 0 radical (unpaired) electrons. The van der Waals surface area contributed by atoms with Crippen LogP contribution in [0.4, 0.5) is 0 Å². The highest BCUT2D eigenvalue weighted by Gasteiger charge is 2.29. The molecule has 11 heteroatoms. The third-order valence-corrected chi connectivity index (χ3v) is 7.50. The number of Topliss-reactive ketones (excluding diaryl/α,β-unsaturated/α-hetero) is 1. The molecule has 0 fully saturated rings. The quantitative estimate of drug-likeness (QED) is 0.105. The summed E-state index contributed by atoms with van der Waals surface area (Å²) in [6.45, 7) is 3.52. The maximum Gasteiger partial charge on any atom is 0.359 e. The topological polar surface area (TPSA) is 91.9 Å². The first-order chi connectivity index (χ1) is 19.4. The number of hydrogen-bond acceptors (Lipinski definition) is 7. The van der Waals surface area contributed by atoms with E-state index in [1.54, 1.807) is 32.0 Å². The zero-order valence-electron chi connectivity index (χ0n) is 21.5. The number of ether oxygens (including phenoxy) is 1. The minimum absolute atomic E-state index is 0.0258. The van der Waals surface area contributed by atoms with Crippen molar-refractivity contribution in [3.8, 4) is 22.8 Å². The molecule has 3 aromatic carbocycles. The van der Waals surface area contributed by atoms with Gasteiger partial charge in [0.15, 0.2) is 22.5 Å². The van der Waals surface area contributed by atoms with E-state index in [1.807, 2.05) is 65.2 Å². The molecule has 0 aliphatic carbocycles. The lowest BCUT2D eigenvalue weighted by atomic mass is 10.1. The summed E-state index contributed by atoms with van der Waals surface area (Å²) >= 11 is 13.8. The van der Waals surface area contributed by atoms with Gasteiger partial charge < -0.3 is 4.74 Å². The predicted molar refractivity (Wildman–Crippen MR) is 156 cm³/mol. The highest BCUT2D eigenvalue weighted by atomic mass is 35.5. The van der Waals surface area contributed by atoms with E-state index in [0.717, 1.165) is 11.3 Å². The molecule has 2 aromatic heterocycles. The van der Waals surface area contributed by atoms with Gasteiger partial charge in [0, 0.05) is 16.3 Å². The standard InChI is InChI=1S/C29H23Cl2N5O3S/c1-3-39-28(38)26-25(18(2)36(34-26)23-16-20(30)14-15-22(23)31)24(37)17-40-29-33-32-27(19-10-6-4-7-11-19)35(29)21-12-8-5-9-13-21/h4-16H,3,17H2,1-2H3. The van der Waals surface area contributed by atoms with Gasteiger partial charge in [0.1, 0.15) is 0 Å². The number of ketones is 1. The van der Waals surface area contributed by atoms with Crippen LogP contribution in [-0.4, -0.2) is 48.7 Å². The van der Waals surface area contributed by atoms with Gasteiger partial charge in [-0.25, -0.2) is 9.48 Å². The molecule has 8 nitrogen and oxygen atoms in total. The molecule has 0 atom stereocenters. The minimum Gasteiger partial charge on any atom is -0.461 e. The Balaban J connectivity index is 1.52. The number of aromatic nitrogens is 5. The van der Waals surface area contributed by atoms with Gasteiger partial charge in [-0.15, -0.1) is 10.2 Å². The van der Waals surface area contributed by atoms with Gasteiger partial charge >= 0.3 is 5.97 Å². The van der Waals surface area contributed by atoms with Gasteiger partial charge in [0.05, 0.1) is 34.3 Å². The summed E-state index contributed by atoms with van der Waals surface area (Å²) < 4.78 is 8.56. The Bertz CT molecular complexity index is 1690. The van der Waals surface area contributed by atoms with Crippen LogP contribution in [-0.2, 0) is 4.74 Å². The van der Waals surface area contributed by atoms with Crippen LogP contribution < -0.4 is 0 Å². The Morgan fingerprint density at radius 1 is 0.950 bits per heavy atom. The highest BCUT2D eigenvalue weighted by Crippen LogP contribution is 2.31. The van der Waals surface area contributed by atoms with Crippen molar-refractivity contribution in [1.82, 2.24) is 24.5 Å². The van der Waals surface area contributed by atoms with Crippen molar-refractivity contribution in [3.05, 3.63) is 106 Å². The minimum atomic E-state index is -0.699. The lowest BCUT2D eigenvalue weighted by Gasteiger charge is -2.10. The molecule has 202 valence electrons. The van der Waals surface area contributed by atoms with Gasteiger partial charge in [-0.05, 0) is 44.2 Å². The Kier molecular flexibility index (Phi) is 8.35. The van der Waals surface area contributed by atoms with Crippen molar-refractivity contribution in [1.29, 1.82) is 0 Å². The van der Waals surface area contributed by atoms with Crippen LogP contribution in [0.5, 0.6) is 0 Å². The number of benzene rings is 3. The second kappa shape index (κ2) is 12.1. The van der Waals surface area contributed by atoms with Gasteiger partial charge in [-0.2, -0.15) is 5.10 Å². The van der Waals surface area contributed by atoms with E-state index in [1.165, 1.54) is 16.4 Å². The van der Waals surface area contributed by atoms with E-state index < -0.39 is 5.97 Å². The molecule has 2 heterocycles. The summed E-state index contributed by atoms with van der Waals surface area (Å²) in [6, 6.07) is 24.3. The van der Waals surface area contributed by atoms with E-state index in [2.05, 4.69) is 15.3 Å². The van der Waals surface area contributed by atoms with Crippen LogP contribution in [0.25, 0.3) is 22.8 Å². The number of carbonyl (C=O) groups is 2. The molecule has 0 unspecified atom stereocenters. The molecule has 0 aliphatic heterocycles. The first-order valence-corrected chi connectivity index (χ1v) is 14.1. The highest BCUT2D eigenvalue weighted by molar-refractivity contribution is 7.99. The number of carbonyl (C=O) groups excluding carboxylic acids is 2. The fourth-order valence-electron chi connectivity index (χ4n) is 4.21. The summed E-state index contributed by atoms with van der Waals surface area (Å²) in [7, 11) is 0. The molecule has 0 spiro atoms. The average molecular weight is 593 g/mol. The Morgan fingerprint density at radius 3 is 2.35 bits per heavy atom. The molecule has 0 N–H and O–H groups in total. The second-order valence-corrected chi connectivity index (χ2v) is 10.4. The summed E-state index contributed by atoms with van der Waals surface area (Å²) in [5.74, 6) is -0.399. The zero-order chi connectivity index (χ0) is 28.2. The van der Waals surface area contributed by atoms with E-state index in [9.17, 15) is 9.59 Å². The third kappa shape index (κ3) is 5.54. The molecule has 0 amide bonds. The van der Waals surface area contributed by atoms with Crippen molar-refractivity contribution in [2.45, 2.75) is 19.0 Å². The first kappa shape index (κ1) is 27.6. The Morgan fingerprint density at radius 2 is 1.65 bits per heavy atom. The van der Waals surface area contributed by atoms with Crippen molar-refractivity contribution in [3.63, 3.8) is 0 Å². The van der Waals surface area contributed by atoms with Crippen LogP contribution in [0, 0.1) is 6.92 Å². The number of esters is 1. The molecule has 5 aromatic rings. The predicted octanol–water partition coefficient (Wildman–Crippen LogP) is 6.89. The maximum absolute atomic E-state index is 13.7. The lowest BCUT2D eigenvalue weighted by molar-refractivity contribution is 0.0516. The van der Waals surface area contributed by atoms with Crippen LogP contribution >= 0.6 is 35.0 Å². The molecular formula is C29H23Cl2N5O3S. The van der Waals surface area contributed by atoms with Crippen LogP contribution in [0.3, 0.4) is 0 Å². The molecule has 5 rings (SSSR count). The number of nitrogens with zero attached hydrogens (tertiary/aromatic N) is 5. The average Bonchev–Trinajstić information content (AvgIpc) is 3.55. The number of rotatable bonds is 9. The van der Waals surface area contributed by atoms with E-state index in [-0.39, 0.29) is 29.4 Å². The molecule has 0 saturated heterocycles. The fraction of sp³-hybridized carbons (Fsp3) is 0.138. The van der Waals surface area contributed by atoms with Gasteiger partial charge in [0.25, 0.3) is 0 Å². The molecule has 0 aliphatic rings. The molecular weight excluding hydrogens is 569 g/mol. The summed E-state index contributed by atoms with van der Waals surface area (Å²) in [5.41, 5.74) is 2.68. The number of halogens is 2. The first-order valence-electron chi connectivity index (χ1n) is 12.3. The normalized spacial score (nSPS) is 11.0. The van der Waals surface area contributed by atoms with E-state index >= 15 is 0 Å². The molecule has 0 saturated carbocycles. The van der Waals surface area contributed by atoms with Crippen molar-refractivity contribution in [2.24, 2.45) is 0 Å². The van der Waals surface area contributed by atoms with E-state index in [0.29, 0.717) is 32.4 Å². The summed E-state index contributed by atoms with van der Waals surface area (Å²) in [5, 5.41) is 14.6. The monoisotopic (exact) mass is 591 g/mol. The second-order valence-electron chi connectivity index (χ2n) is 8.59. The van der Waals surface area contributed by atoms with Gasteiger partial charge in [-0.1, -0.05) is 83.5 Å². The van der Waals surface area contributed by atoms with E-state index in [4.69, 9.17) is 27.9 Å². The van der Waals surface area contributed by atoms with Crippen LogP contribution in [0.2, 0.25) is 10.0 Å². The summed E-state index contributed by atoms with van der Waals surface area (Å²) in [4.78, 5) is 26.5. The van der Waals surface area contributed by atoms with Crippen LogP contribution in [0.15, 0.2) is 84.0 Å². The number of hydrogen-bond donors (Lipinski definition) is 0. The smallest absolute Gasteiger partial charge is 0.359 e. The third-order valence-electron chi connectivity index (χ3n) is 6.01. The van der Waals surface area contributed by atoms with Gasteiger partial charge in [0.2, 0.25) is 0 Å². The van der Waals surface area contributed by atoms with Crippen molar-refractivity contribution >= 4 is 46.7 Å². The van der Waals surface area contributed by atoms with Crippen molar-refractivity contribution < 1.29 is 14.3 Å². The summed E-state index contributed by atoms with van der Waals surface area (Å²) in [6.07, 6.45) is 0. The van der Waals surface area contributed by atoms with Crippen molar-refractivity contribution in [2.75, 3.05) is 12.4 Å². The molecule has 0 bridgehead atoms. The Labute approximate surface area is 244 Å². The fourth-order valence-corrected chi connectivity index (χ4v) is 5.40. The SMILES string of the molecule is CCOC(=O)c1nn(-c2cc(Cl)ccc2Cl)c(C)c1C(=O)CSc1nnc(-c2ccccc2)n1-c1ccccc1. The largest absolute Gasteiger partial charge is 0.461 e. The Hall–Kier alpha value is -3.92. The number of para-hydroxylation sites is 1. The van der Waals surface area contributed by atoms with Gasteiger partial charge in [-0.3, -0.25) is 9.36 Å². The lowest BCUT2D eigenvalue weighted by Crippen LogP contribution is -2.13. The molecule has 40 heavy (non-hydrogen) atoms. The van der Waals surface area contributed by atoms with Crippen LogP contribution in [0.1, 0.15) is 33.5 Å². The number of thioether (sulfide) groups is 1.